The Kier molecular flexibility index (Phi) is 3.95. The Morgan fingerprint density at radius 3 is 2.89 bits per heavy atom. The van der Waals surface area contributed by atoms with Crippen LogP contribution in [0, 0.1) is 5.92 Å². The number of nitrogen functional groups attached to an aromatic ring is 1. The second kappa shape index (κ2) is 5.31. The Bertz CT molecular complexity index is 461. The fourth-order valence-corrected chi connectivity index (χ4v) is 2.90. The second-order valence-corrected chi connectivity index (χ2v) is 5.95. The van der Waals surface area contributed by atoms with Gasteiger partial charge in [-0.3, -0.25) is 4.79 Å². The first-order valence-electron chi connectivity index (χ1n) is 6.36. The molecule has 18 heavy (non-hydrogen) atoms. The molecule has 1 aromatic rings. The topological polar surface area (TPSA) is 46.3 Å². The van der Waals surface area contributed by atoms with E-state index in [1.54, 1.807) is 12.1 Å². The van der Waals surface area contributed by atoms with E-state index in [-0.39, 0.29) is 5.91 Å². The van der Waals surface area contributed by atoms with Gasteiger partial charge < -0.3 is 10.6 Å². The molecule has 1 fully saturated rings. The van der Waals surface area contributed by atoms with Crippen molar-refractivity contribution in [3.8, 4) is 0 Å². The minimum Gasteiger partial charge on any atom is -0.399 e. The number of anilines is 1. The molecular weight excluding hydrogens is 292 g/mol. The van der Waals surface area contributed by atoms with Crippen molar-refractivity contribution >= 4 is 27.5 Å². The van der Waals surface area contributed by atoms with Crippen LogP contribution in [0.2, 0.25) is 0 Å². The summed E-state index contributed by atoms with van der Waals surface area (Å²) in [6.07, 6.45) is 2.28. The summed E-state index contributed by atoms with van der Waals surface area (Å²) in [5.41, 5.74) is 7.05. The molecular formula is C14H19BrN2O. The van der Waals surface area contributed by atoms with Crippen molar-refractivity contribution in [3.63, 3.8) is 0 Å². The number of hydrogen-bond acceptors (Lipinski definition) is 2. The lowest BCUT2D eigenvalue weighted by Gasteiger charge is -2.38. The molecule has 1 saturated heterocycles. The zero-order valence-corrected chi connectivity index (χ0v) is 12.4. The number of carbonyl (C=O) groups is 1. The van der Waals surface area contributed by atoms with E-state index in [0.29, 0.717) is 23.2 Å². The Morgan fingerprint density at radius 1 is 1.44 bits per heavy atom. The molecule has 2 unspecified atom stereocenters. The normalized spacial score (nSPS) is 24.1. The zero-order chi connectivity index (χ0) is 13.3. The van der Waals surface area contributed by atoms with Gasteiger partial charge in [-0.05, 0) is 59.8 Å². The molecule has 1 aromatic carbocycles. The quantitative estimate of drug-likeness (QED) is 0.809. The molecule has 0 bridgehead atoms. The molecule has 2 atom stereocenters. The summed E-state index contributed by atoms with van der Waals surface area (Å²) >= 11 is 3.43. The number of amides is 1. The van der Waals surface area contributed by atoms with Crippen LogP contribution < -0.4 is 5.73 Å². The average Bonchev–Trinajstić information content (AvgIpc) is 2.35. The van der Waals surface area contributed by atoms with Gasteiger partial charge in [0.25, 0.3) is 5.91 Å². The van der Waals surface area contributed by atoms with Gasteiger partial charge in [-0.25, -0.2) is 0 Å². The van der Waals surface area contributed by atoms with Crippen molar-refractivity contribution in [1.82, 2.24) is 4.90 Å². The van der Waals surface area contributed by atoms with E-state index in [4.69, 9.17) is 5.73 Å². The van der Waals surface area contributed by atoms with Crippen LogP contribution in [0.3, 0.4) is 0 Å². The highest BCUT2D eigenvalue weighted by atomic mass is 79.9. The largest absolute Gasteiger partial charge is 0.399 e. The van der Waals surface area contributed by atoms with Crippen molar-refractivity contribution in [1.29, 1.82) is 0 Å². The summed E-state index contributed by atoms with van der Waals surface area (Å²) in [4.78, 5) is 14.5. The third kappa shape index (κ3) is 2.53. The van der Waals surface area contributed by atoms with Crippen LogP contribution in [0.15, 0.2) is 22.7 Å². The van der Waals surface area contributed by atoms with Gasteiger partial charge in [0.15, 0.2) is 0 Å². The molecule has 1 heterocycles. The number of nitrogens with two attached hydrogens (primary N) is 1. The van der Waals surface area contributed by atoms with E-state index >= 15 is 0 Å². The van der Waals surface area contributed by atoms with E-state index in [9.17, 15) is 4.79 Å². The first-order valence-corrected chi connectivity index (χ1v) is 7.16. The minimum atomic E-state index is 0.0771. The standard InChI is InChI=1S/C14H19BrN2O/c1-9-4-3-7-17(10(9)2)14(18)12-8-11(16)5-6-13(12)15/h5-6,8-10H,3-4,7,16H2,1-2H3. The van der Waals surface area contributed by atoms with Crippen molar-refractivity contribution in [2.75, 3.05) is 12.3 Å². The molecule has 0 aliphatic carbocycles. The van der Waals surface area contributed by atoms with Gasteiger partial charge in [0.05, 0.1) is 5.56 Å². The fraction of sp³-hybridized carbons (Fsp3) is 0.500. The Balaban J connectivity index is 2.27. The number of halogens is 1. The van der Waals surface area contributed by atoms with Crippen LogP contribution in [-0.2, 0) is 0 Å². The van der Waals surface area contributed by atoms with Crippen LogP contribution in [0.1, 0.15) is 37.0 Å². The molecule has 1 aliphatic heterocycles. The second-order valence-electron chi connectivity index (χ2n) is 5.10. The van der Waals surface area contributed by atoms with Crippen LogP contribution in [0.25, 0.3) is 0 Å². The van der Waals surface area contributed by atoms with E-state index in [2.05, 4.69) is 29.8 Å². The van der Waals surface area contributed by atoms with Gasteiger partial charge >= 0.3 is 0 Å². The fourth-order valence-electron chi connectivity index (χ4n) is 2.48. The third-order valence-electron chi connectivity index (χ3n) is 3.86. The first-order chi connectivity index (χ1) is 8.50. The molecule has 0 spiro atoms. The van der Waals surface area contributed by atoms with Gasteiger partial charge in [-0.1, -0.05) is 6.92 Å². The third-order valence-corrected chi connectivity index (χ3v) is 4.55. The lowest BCUT2D eigenvalue weighted by Crippen LogP contribution is -2.46. The lowest BCUT2D eigenvalue weighted by molar-refractivity contribution is 0.0550. The maximum absolute atomic E-state index is 12.6. The molecule has 0 aromatic heterocycles. The van der Waals surface area contributed by atoms with Crippen molar-refractivity contribution in [2.45, 2.75) is 32.7 Å². The van der Waals surface area contributed by atoms with E-state index < -0.39 is 0 Å². The van der Waals surface area contributed by atoms with Crippen molar-refractivity contribution in [2.24, 2.45) is 5.92 Å². The molecule has 2 N–H and O–H groups in total. The monoisotopic (exact) mass is 310 g/mol. The number of rotatable bonds is 1. The summed E-state index contributed by atoms with van der Waals surface area (Å²) in [7, 11) is 0. The number of carbonyl (C=O) groups excluding carboxylic acids is 1. The van der Waals surface area contributed by atoms with Gasteiger partial charge in [-0.15, -0.1) is 0 Å². The average molecular weight is 311 g/mol. The molecule has 1 amide bonds. The van der Waals surface area contributed by atoms with Gasteiger partial charge in [0.1, 0.15) is 0 Å². The summed E-state index contributed by atoms with van der Waals surface area (Å²) in [5.74, 6) is 0.635. The molecule has 0 saturated carbocycles. The molecule has 0 radical (unpaired) electrons. The predicted molar refractivity (Wildman–Crippen MR) is 77.5 cm³/mol. The van der Waals surface area contributed by atoms with Crippen molar-refractivity contribution in [3.05, 3.63) is 28.2 Å². The number of likely N-dealkylation sites (tertiary alicyclic amines) is 1. The molecule has 3 nitrogen and oxygen atoms in total. The lowest BCUT2D eigenvalue weighted by atomic mass is 9.91. The molecule has 98 valence electrons. The Hall–Kier alpha value is -1.03. The van der Waals surface area contributed by atoms with Crippen LogP contribution >= 0.6 is 15.9 Å². The SMILES string of the molecule is CC1CCCN(C(=O)c2cc(N)ccc2Br)C1C. The molecule has 4 heteroatoms. The Morgan fingerprint density at radius 2 is 2.17 bits per heavy atom. The van der Waals surface area contributed by atoms with Crippen LogP contribution in [-0.4, -0.2) is 23.4 Å². The number of nitrogens with zero attached hydrogens (tertiary/aromatic N) is 1. The predicted octanol–water partition coefficient (Wildman–Crippen LogP) is 3.29. The van der Waals surface area contributed by atoms with Crippen LogP contribution in [0.5, 0.6) is 0 Å². The smallest absolute Gasteiger partial charge is 0.255 e. The summed E-state index contributed by atoms with van der Waals surface area (Å²) in [5, 5.41) is 0. The minimum absolute atomic E-state index is 0.0771. The van der Waals surface area contributed by atoms with Gasteiger partial charge in [-0.2, -0.15) is 0 Å². The summed E-state index contributed by atoms with van der Waals surface area (Å²) in [6.45, 7) is 5.17. The van der Waals surface area contributed by atoms with Crippen molar-refractivity contribution < 1.29 is 4.79 Å². The zero-order valence-electron chi connectivity index (χ0n) is 10.8. The number of hydrogen-bond donors (Lipinski definition) is 1. The molecule has 1 aliphatic rings. The van der Waals surface area contributed by atoms with E-state index in [1.165, 1.54) is 6.42 Å². The highest BCUT2D eigenvalue weighted by Crippen LogP contribution is 2.27. The maximum Gasteiger partial charge on any atom is 0.255 e. The van der Waals surface area contributed by atoms with Gasteiger partial charge in [0, 0.05) is 22.7 Å². The highest BCUT2D eigenvalue weighted by molar-refractivity contribution is 9.10. The van der Waals surface area contributed by atoms with Crippen LogP contribution in [0.4, 0.5) is 5.69 Å². The first kappa shape index (κ1) is 13.4. The summed E-state index contributed by atoms with van der Waals surface area (Å²) in [6, 6.07) is 5.67. The number of benzene rings is 1. The van der Waals surface area contributed by atoms with Gasteiger partial charge in [0.2, 0.25) is 0 Å². The maximum atomic E-state index is 12.6. The highest BCUT2D eigenvalue weighted by Gasteiger charge is 2.29. The molecule has 2 rings (SSSR count). The van der Waals surface area contributed by atoms with E-state index in [0.717, 1.165) is 17.4 Å². The summed E-state index contributed by atoms with van der Waals surface area (Å²) < 4.78 is 0.812. The Labute approximate surface area is 116 Å². The van der Waals surface area contributed by atoms with E-state index in [1.807, 2.05) is 11.0 Å². The number of piperidine rings is 1.